The van der Waals surface area contributed by atoms with E-state index in [4.69, 9.17) is 6.42 Å². The number of nitrogens with zero attached hydrogens (tertiary/aromatic N) is 1. The number of carbonyl (C=O) groups excluding carboxylic acids is 1. The highest BCUT2D eigenvalue weighted by atomic mass is 19.1. The van der Waals surface area contributed by atoms with Crippen LogP contribution in [0.2, 0.25) is 0 Å². The van der Waals surface area contributed by atoms with E-state index in [-0.39, 0.29) is 37.0 Å². The van der Waals surface area contributed by atoms with Crippen molar-refractivity contribution in [3.8, 4) is 12.3 Å². The Bertz CT molecular complexity index is 561. The molecule has 1 heterocycles. The molecule has 1 fully saturated rings. The first-order valence-corrected chi connectivity index (χ1v) is 6.24. The lowest BCUT2D eigenvalue weighted by molar-refractivity contribution is -0.148. The number of carbonyl (C=O) groups is 2. The van der Waals surface area contributed by atoms with Gasteiger partial charge in [-0.15, -0.1) is 12.3 Å². The second-order valence-corrected chi connectivity index (χ2v) is 4.80. The third-order valence-corrected chi connectivity index (χ3v) is 3.40. The van der Waals surface area contributed by atoms with Crippen LogP contribution in [0.3, 0.4) is 0 Å². The number of terminal acetylenes is 1. The van der Waals surface area contributed by atoms with Crippen LogP contribution >= 0.6 is 0 Å². The fourth-order valence-corrected chi connectivity index (χ4v) is 2.32. The number of hydrogen-bond acceptors (Lipinski definition) is 2. The molecule has 0 spiro atoms. The zero-order valence-electron chi connectivity index (χ0n) is 10.8. The molecule has 1 saturated heterocycles. The normalized spacial score (nSPS) is 19.7. The highest BCUT2D eigenvalue weighted by Crippen LogP contribution is 2.22. The van der Waals surface area contributed by atoms with Gasteiger partial charge < -0.3 is 10.0 Å². The van der Waals surface area contributed by atoms with Gasteiger partial charge in [-0.25, -0.2) is 9.18 Å². The number of halogens is 1. The molecule has 1 N–H and O–H groups in total. The van der Waals surface area contributed by atoms with Gasteiger partial charge in [0.15, 0.2) is 0 Å². The Labute approximate surface area is 116 Å². The first kappa shape index (κ1) is 14.1. The zero-order valence-corrected chi connectivity index (χ0v) is 10.8. The summed E-state index contributed by atoms with van der Waals surface area (Å²) in [5, 5.41) is 9.31. The van der Waals surface area contributed by atoms with E-state index in [1.165, 1.54) is 29.2 Å². The summed E-state index contributed by atoms with van der Waals surface area (Å²) in [5.74, 6) is 0.531. The van der Waals surface area contributed by atoms with Gasteiger partial charge in [-0.2, -0.15) is 0 Å². The van der Waals surface area contributed by atoms with Crippen LogP contribution in [0.25, 0.3) is 0 Å². The molecular formula is C15H14FNO3. The minimum Gasteiger partial charge on any atom is -0.480 e. The van der Waals surface area contributed by atoms with E-state index < -0.39 is 12.0 Å². The number of carboxylic acids is 1. The Morgan fingerprint density at radius 2 is 2.15 bits per heavy atom. The van der Waals surface area contributed by atoms with Gasteiger partial charge >= 0.3 is 5.97 Å². The Morgan fingerprint density at radius 3 is 2.65 bits per heavy atom. The average Bonchev–Trinajstić information content (AvgIpc) is 2.79. The third kappa shape index (κ3) is 2.97. The van der Waals surface area contributed by atoms with E-state index in [0.29, 0.717) is 5.56 Å². The number of benzene rings is 1. The maximum Gasteiger partial charge on any atom is 0.326 e. The summed E-state index contributed by atoms with van der Waals surface area (Å²) in [5.41, 5.74) is 0.663. The average molecular weight is 275 g/mol. The number of likely N-dealkylation sites (tertiary alicyclic amines) is 1. The second kappa shape index (κ2) is 5.74. The van der Waals surface area contributed by atoms with Crippen LogP contribution in [0.4, 0.5) is 4.39 Å². The van der Waals surface area contributed by atoms with Gasteiger partial charge in [-0.1, -0.05) is 12.1 Å². The van der Waals surface area contributed by atoms with E-state index in [1.807, 2.05) is 0 Å². The summed E-state index contributed by atoms with van der Waals surface area (Å²) < 4.78 is 12.8. The Kier molecular flexibility index (Phi) is 4.04. The number of hydrogen-bond donors (Lipinski definition) is 1. The third-order valence-electron chi connectivity index (χ3n) is 3.40. The molecule has 0 bridgehead atoms. The first-order chi connectivity index (χ1) is 9.51. The van der Waals surface area contributed by atoms with Crippen LogP contribution in [-0.2, 0) is 16.0 Å². The van der Waals surface area contributed by atoms with E-state index in [1.54, 1.807) is 0 Å². The van der Waals surface area contributed by atoms with E-state index in [2.05, 4.69) is 5.92 Å². The van der Waals surface area contributed by atoms with Gasteiger partial charge in [0.2, 0.25) is 5.91 Å². The minimum absolute atomic E-state index is 0.138. The molecule has 2 atom stereocenters. The van der Waals surface area contributed by atoms with Crippen molar-refractivity contribution in [1.29, 1.82) is 0 Å². The summed E-state index contributed by atoms with van der Waals surface area (Å²) in [6.07, 6.45) is 5.61. The van der Waals surface area contributed by atoms with Crippen molar-refractivity contribution in [2.75, 3.05) is 6.54 Å². The maximum absolute atomic E-state index is 12.8. The Hall–Kier alpha value is -2.35. The topological polar surface area (TPSA) is 57.6 Å². The van der Waals surface area contributed by atoms with Crippen LogP contribution in [0, 0.1) is 24.1 Å². The molecule has 1 aromatic rings. The largest absolute Gasteiger partial charge is 0.480 e. The smallest absolute Gasteiger partial charge is 0.326 e. The van der Waals surface area contributed by atoms with E-state index >= 15 is 0 Å². The van der Waals surface area contributed by atoms with Crippen molar-refractivity contribution >= 4 is 11.9 Å². The maximum atomic E-state index is 12.8. The highest BCUT2D eigenvalue weighted by Gasteiger charge is 2.36. The lowest BCUT2D eigenvalue weighted by Crippen LogP contribution is -2.43. The van der Waals surface area contributed by atoms with Gasteiger partial charge in [0.25, 0.3) is 0 Å². The molecule has 0 saturated carbocycles. The molecule has 1 aromatic carbocycles. The van der Waals surface area contributed by atoms with Gasteiger partial charge in [0.05, 0.1) is 0 Å². The fourth-order valence-electron chi connectivity index (χ4n) is 2.32. The van der Waals surface area contributed by atoms with Gasteiger partial charge in [-0.3, -0.25) is 4.79 Å². The second-order valence-electron chi connectivity index (χ2n) is 4.80. The lowest BCUT2D eigenvalue weighted by atomic mass is 10.0. The molecule has 0 aromatic heterocycles. The van der Waals surface area contributed by atoms with Crippen LogP contribution in [0.1, 0.15) is 12.0 Å². The molecule has 4 nitrogen and oxygen atoms in total. The van der Waals surface area contributed by atoms with Crippen LogP contribution in [-0.4, -0.2) is 34.5 Å². The predicted octanol–water partition coefficient (Wildman–Crippen LogP) is 1.30. The van der Waals surface area contributed by atoms with Gasteiger partial charge in [-0.05, 0) is 17.7 Å². The molecule has 0 radical (unpaired) electrons. The zero-order chi connectivity index (χ0) is 14.7. The fraction of sp³-hybridized carbons (Fsp3) is 0.333. The molecule has 1 aliphatic heterocycles. The number of amides is 1. The summed E-state index contributed by atoms with van der Waals surface area (Å²) in [4.78, 5) is 24.5. The van der Waals surface area contributed by atoms with Gasteiger partial charge in [0.1, 0.15) is 11.9 Å². The minimum atomic E-state index is -1.08. The molecule has 1 amide bonds. The van der Waals surface area contributed by atoms with Crippen molar-refractivity contribution in [3.63, 3.8) is 0 Å². The predicted molar refractivity (Wildman–Crippen MR) is 70.2 cm³/mol. The molecule has 20 heavy (non-hydrogen) atoms. The van der Waals surface area contributed by atoms with Crippen LogP contribution < -0.4 is 0 Å². The summed E-state index contributed by atoms with van der Waals surface area (Å²) in [6, 6.07) is 4.61. The molecule has 2 rings (SSSR count). The summed E-state index contributed by atoms with van der Waals surface area (Å²) in [6.45, 7) is 0.257. The Balaban J connectivity index is 2.16. The molecule has 0 aliphatic carbocycles. The van der Waals surface area contributed by atoms with Crippen molar-refractivity contribution < 1.29 is 19.1 Å². The highest BCUT2D eigenvalue weighted by molar-refractivity contribution is 5.85. The molecule has 1 aliphatic rings. The van der Waals surface area contributed by atoms with Crippen molar-refractivity contribution in [2.24, 2.45) is 5.92 Å². The number of rotatable bonds is 4. The monoisotopic (exact) mass is 275 g/mol. The standard InChI is InChI=1S/C15H14FNO3/c1-2-10-8-14(18)17(9-10)13(15(19)20)7-11-3-5-12(16)6-4-11/h1,3-6,10,13H,7-9H2,(H,19,20)/t10?,13-/m0/s1. The van der Waals surface area contributed by atoms with Crippen molar-refractivity contribution in [3.05, 3.63) is 35.6 Å². The molecule has 104 valence electrons. The quantitative estimate of drug-likeness (QED) is 0.843. The van der Waals surface area contributed by atoms with Crippen molar-refractivity contribution in [2.45, 2.75) is 18.9 Å². The molecule has 5 heteroatoms. The van der Waals surface area contributed by atoms with E-state index in [0.717, 1.165) is 0 Å². The van der Waals surface area contributed by atoms with Crippen molar-refractivity contribution in [1.82, 2.24) is 4.90 Å². The summed E-state index contributed by atoms with van der Waals surface area (Å²) >= 11 is 0. The Morgan fingerprint density at radius 1 is 1.50 bits per heavy atom. The number of aliphatic carboxylic acids is 1. The molecular weight excluding hydrogens is 261 g/mol. The first-order valence-electron chi connectivity index (χ1n) is 6.24. The summed E-state index contributed by atoms with van der Waals surface area (Å²) in [7, 11) is 0. The van der Waals surface area contributed by atoms with Gasteiger partial charge in [0, 0.05) is 25.3 Å². The SMILES string of the molecule is C#CC1CC(=O)N([C@@H](Cc2ccc(F)cc2)C(=O)O)C1. The lowest BCUT2D eigenvalue weighted by Gasteiger charge is -2.24. The van der Waals surface area contributed by atoms with Crippen LogP contribution in [0.15, 0.2) is 24.3 Å². The van der Waals surface area contributed by atoms with Crippen LogP contribution in [0.5, 0.6) is 0 Å². The van der Waals surface area contributed by atoms with E-state index in [9.17, 15) is 19.1 Å². The number of carboxylic acid groups (broad SMARTS) is 1. The molecule has 1 unspecified atom stereocenters.